The van der Waals surface area contributed by atoms with Gasteiger partial charge in [0.2, 0.25) is 5.91 Å². The van der Waals surface area contributed by atoms with Gasteiger partial charge in [-0.3, -0.25) is 14.4 Å². The van der Waals surface area contributed by atoms with Crippen LogP contribution in [0, 0.1) is 0 Å². The van der Waals surface area contributed by atoms with E-state index in [0.29, 0.717) is 34.8 Å². The van der Waals surface area contributed by atoms with Crippen molar-refractivity contribution in [1.29, 1.82) is 0 Å². The van der Waals surface area contributed by atoms with Crippen LogP contribution < -0.4 is 10.6 Å². The first-order chi connectivity index (χ1) is 14.0. The van der Waals surface area contributed by atoms with E-state index < -0.39 is 6.04 Å². The molecule has 1 heterocycles. The summed E-state index contributed by atoms with van der Waals surface area (Å²) in [6, 6.07) is 13.4. The molecule has 4 rings (SSSR count). The highest BCUT2D eigenvalue weighted by Gasteiger charge is 2.36. The van der Waals surface area contributed by atoms with E-state index in [1.54, 1.807) is 53.4 Å². The first kappa shape index (κ1) is 19.5. The minimum absolute atomic E-state index is 0.0537. The third-order valence-corrected chi connectivity index (χ3v) is 5.58. The van der Waals surface area contributed by atoms with Gasteiger partial charge in [-0.1, -0.05) is 23.7 Å². The molecule has 150 valence electrons. The van der Waals surface area contributed by atoms with Crippen molar-refractivity contribution in [3.05, 3.63) is 64.7 Å². The number of hydrogen-bond donors (Lipinski definition) is 2. The summed E-state index contributed by atoms with van der Waals surface area (Å²) >= 11 is 6.06. The average Bonchev–Trinajstić information content (AvgIpc) is 3.39. The molecule has 0 bridgehead atoms. The van der Waals surface area contributed by atoms with Crippen LogP contribution in [0.1, 0.15) is 46.4 Å². The Balaban J connectivity index is 1.41. The van der Waals surface area contributed by atoms with Crippen molar-refractivity contribution in [1.82, 2.24) is 10.2 Å². The predicted octanol–water partition coefficient (Wildman–Crippen LogP) is 3.48. The number of benzene rings is 2. The van der Waals surface area contributed by atoms with Crippen LogP contribution in [0.5, 0.6) is 0 Å². The van der Waals surface area contributed by atoms with Crippen LogP contribution in [-0.2, 0) is 4.79 Å². The molecule has 1 saturated heterocycles. The van der Waals surface area contributed by atoms with Crippen LogP contribution in [0.3, 0.4) is 0 Å². The summed E-state index contributed by atoms with van der Waals surface area (Å²) in [6.07, 6.45) is 3.55. The highest BCUT2D eigenvalue weighted by atomic mass is 35.5. The maximum Gasteiger partial charge on any atom is 0.257 e. The van der Waals surface area contributed by atoms with E-state index in [1.165, 1.54) is 0 Å². The van der Waals surface area contributed by atoms with E-state index in [0.717, 1.165) is 19.3 Å². The molecule has 2 aliphatic rings. The van der Waals surface area contributed by atoms with Gasteiger partial charge < -0.3 is 15.5 Å². The first-order valence-electron chi connectivity index (χ1n) is 9.80. The van der Waals surface area contributed by atoms with E-state index in [4.69, 9.17) is 11.6 Å². The van der Waals surface area contributed by atoms with Crippen LogP contribution >= 0.6 is 11.6 Å². The summed E-state index contributed by atoms with van der Waals surface area (Å²) in [5.41, 5.74) is 1.44. The lowest BCUT2D eigenvalue weighted by Crippen LogP contribution is -2.46. The zero-order valence-corrected chi connectivity index (χ0v) is 16.6. The Morgan fingerprint density at radius 3 is 2.38 bits per heavy atom. The Morgan fingerprint density at radius 1 is 0.966 bits per heavy atom. The van der Waals surface area contributed by atoms with Crippen molar-refractivity contribution in [3.63, 3.8) is 0 Å². The number of rotatable bonds is 5. The van der Waals surface area contributed by atoms with Gasteiger partial charge in [-0.25, -0.2) is 0 Å². The van der Waals surface area contributed by atoms with Gasteiger partial charge in [0.1, 0.15) is 6.04 Å². The number of hydrogen-bond acceptors (Lipinski definition) is 3. The number of halogens is 1. The number of carbonyl (C=O) groups excluding carboxylic acids is 3. The topological polar surface area (TPSA) is 78.5 Å². The maximum absolute atomic E-state index is 12.9. The zero-order valence-electron chi connectivity index (χ0n) is 15.9. The molecule has 0 unspecified atom stereocenters. The van der Waals surface area contributed by atoms with E-state index in [2.05, 4.69) is 10.6 Å². The monoisotopic (exact) mass is 411 g/mol. The molecule has 1 aliphatic carbocycles. The van der Waals surface area contributed by atoms with Gasteiger partial charge in [0.25, 0.3) is 11.8 Å². The Hall–Kier alpha value is -2.86. The third-order valence-electron chi connectivity index (χ3n) is 5.25. The highest BCUT2D eigenvalue weighted by molar-refractivity contribution is 6.34. The fourth-order valence-electron chi connectivity index (χ4n) is 3.51. The van der Waals surface area contributed by atoms with E-state index in [1.807, 2.05) is 0 Å². The number of nitrogens with zero attached hydrogens (tertiary/aromatic N) is 1. The number of nitrogens with one attached hydrogen (secondary N) is 2. The molecule has 29 heavy (non-hydrogen) atoms. The molecule has 1 aliphatic heterocycles. The predicted molar refractivity (Wildman–Crippen MR) is 111 cm³/mol. The molecule has 2 fully saturated rings. The van der Waals surface area contributed by atoms with Crippen LogP contribution in [-0.4, -0.2) is 41.2 Å². The third kappa shape index (κ3) is 4.43. The molecule has 1 atom stereocenters. The Labute approximate surface area is 174 Å². The molecule has 0 spiro atoms. The van der Waals surface area contributed by atoms with Gasteiger partial charge in [-0.05, 0) is 62.1 Å². The second-order valence-electron chi connectivity index (χ2n) is 7.45. The lowest BCUT2D eigenvalue weighted by molar-refractivity contribution is -0.125. The molecule has 2 N–H and O–H groups in total. The molecular weight excluding hydrogens is 390 g/mol. The molecule has 1 saturated carbocycles. The Bertz CT molecular complexity index is 941. The lowest BCUT2D eigenvalue weighted by Gasteiger charge is -2.24. The van der Waals surface area contributed by atoms with Crippen molar-refractivity contribution in [2.45, 2.75) is 37.8 Å². The van der Waals surface area contributed by atoms with Crippen molar-refractivity contribution in [2.24, 2.45) is 0 Å². The number of carbonyl (C=O) groups is 3. The van der Waals surface area contributed by atoms with E-state index in [9.17, 15) is 14.4 Å². The number of amides is 3. The van der Waals surface area contributed by atoms with Gasteiger partial charge in [0.15, 0.2) is 0 Å². The summed E-state index contributed by atoms with van der Waals surface area (Å²) < 4.78 is 0. The van der Waals surface area contributed by atoms with Gasteiger partial charge in [-0.2, -0.15) is 0 Å². The smallest absolute Gasteiger partial charge is 0.257 e. The van der Waals surface area contributed by atoms with Crippen molar-refractivity contribution < 1.29 is 14.4 Å². The number of anilines is 1. The molecule has 0 radical (unpaired) electrons. The normalized spacial score (nSPS) is 18.4. The van der Waals surface area contributed by atoms with Crippen molar-refractivity contribution in [2.75, 3.05) is 11.9 Å². The van der Waals surface area contributed by atoms with Crippen LogP contribution in [0.2, 0.25) is 5.02 Å². The maximum atomic E-state index is 12.9. The van der Waals surface area contributed by atoms with E-state index >= 15 is 0 Å². The molecular formula is C22H22ClN3O3. The Kier molecular flexibility index (Phi) is 5.53. The molecule has 6 nitrogen and oxygen atoms in total. The molecule has 0 aromatic heterocycles. The summed E-state index contributed by atoms with van der Waals surface area (Å²) in [7, 11) is 0. The highest BCUT2D eigenvalue weighted by Crippen LogP contribution is 2.24. The van der Waals surface area contributed by atoms with Gasteiger partial charge >= 0.3 is 0 Å². The lowest BCUT2D eigenvalue weighted by atomic mass is 10.1. The van der Waals surface area contributed by atoms with Gasteiger partial charge in [0, 0.05) is 23.8 Å². The quantitative estimate of drug-likeness (QED) is 0.790. The minimum Gasteiger partial charge on any atom is -0.352 e. The van der Waals surface area contributed by atoms with Crippen molar-refractivity contribution in [3.8, 4) is 0 Å². The van der Waals surface area contributed by atoms with Crippen LogP contribution in [0.4, 0.5) is 5.69 Å². The second-order valence-corrected chi connectivity index (χ2v) is 7.86. The largest absolute Gasteiger partial charge is 0.352 e. The van der Waals surface area contributed by atoms with Gasteiger partial charge in [0.05, 0.1) is 10.6 Å². The van der Waals surface area contributed by atoms with Crippen LogP contribution in [0.15, 0.2) is 48.5 Å². The van der Waals surface area contributed by atoms with E-state index in [-0.39, 0.29) is 23.8 Å². The summed E-state index contributed by atoms with van der Waals surface area (Å²) in [6.45, 7) is 0.576. The summed E-state index contributed by atoms with van der Waals surface area (Å²) in [5.74, 6) is -0.532. The average molecular weight is 412 g/mol. The van der Waals surface area contributed by atoms with Gasteiger partial charge in [-0.15, -0.1) is 0 Å². The molecule has 2 aromatic rings. The zero-order chi connectivity index (χ0) is 20.4. The summed E-state index contributed by atoms with van der Waals surface area (Å²) in [4.78, 5) is 39.3. The minimum atomic E-state index is -0.400. The summed E-state index contributed by atoms with van der Waals surface area (Å²) in [5, 5.41) is 6.15. The molecule has 3 amide bonds. The number of likely N-dealkylation sites (tertiary alicyclic amines) is 1. The van der Waals surface area contributed by atoms with Crippen LogP contribution in [0.25, 0.3) is 0 Å². The standard InChI is InChI=1S/C22H22ClN3O3/c23-18-5-2-1-4-17(18)20(27)24-15-9-7-14(8-10-15)22(29)26-13-3-6-19(26)21(28)25-16-11-12-16/h1-2,4-5,7-10,16,19H,3,6,11-13H2,(H,24,27)(H,25,28)/t19-/m1/s1. The SMILES string of the molecule is O=C(Nc1ccc(C(=O)N2CCC[C@@H]2C(=O)NC2CC2)cc1)c1ccccc1Cl. The molecule has 2 aromatic carbocycles. The van der Waals surface area contributed by atoms with Crippen molar-refractivity contribution >= 4 is 35.0 Å². The fraction of sp³-hybridized carbons (Fsp3) is 0.318. The second kappa shape index (κ2) is 8.25. The molecule has 7 heteroatoms. The fourth-order valence-corrected chi connectivity index (χ4v) is 3.73. The Morgan fingerprint density at radius 2 is 1.69 bits per heavy atom. The first-order valence-corrected chi connectivity index (χ1v) is 10.2.